The first kappa shape index (κ1) is 19.3. The van der Waals surface area contributed by atoms with Crippen molar-refractivity contribution in [3.63, 3.8) is 0 Å². The molecular weight excluding hydrogens is 340 g/mol. The van der Waals surface area contributed by atoms with Gasteiger partial charge in [-0.25, -0.2) is 0 Å². The van der Waals surface area contributed by atoms with Crippen molar-refractivity contribution >= 4 is 23.2 Å². The molecule has 0 radical (unpaired) electrons. The number of ether oxygens (including phenoxy) is 1. The second-order valence-electron chi connectivity index (χ2n) is 6.11. The molecule has 1 heterocycles. The lowest BCUT2D eigenvalue weighted by atomic mass is 10.3. The van der Waals surface area contributed by atoms with E-state index in [-0.39, 0.29) is 5.91 Å². The van der Waals surface area contributed by atoms with Gasteiger partial charge in [-0.1, -0.05) is 17.7 Å². The van der Waals surface area contributed by atoms with Gasteiger partial charge < -0.3 is 10.1 Å². The van der Waals surface area contributed by atoms with Crippen molar-refractivity contribution in [3.05, 3.63) is 40.7 Å². The summed E-state index contributed by atoms with van der Waals surface area (Å²) in [6.07, 6.45) is 0.821. The molecule has 2 aromatic rings. The Kier molecular flexibility index (Phi) is 6.84. The van der Waals surface area contributed by atoms with Crippen molar-refractivity contribution in [1.82, 2.24) is 14.7 Å². The maximum atomic E-state index is 12.2. The minimum atomic E-state index is -0.0440. The van der Waals surface area contributed by atoms with Gasteiger partial charge in [0.05, 0.1) is 30.2 Å². The van der Waals surface area contributed by atoms with Crippen LogP contribution in [0.5, 0.6) is 5.75 Å². The molecule has 0 aliphatic rings. The third-order valence-corrected chi connectivity index (χ3v) is 4.17. The third-order valence-electron chi connectivity index (χ3n) is 3.94. The molecule has 1 N–H and O–H groups in total. The molecule has 7 heteroatoms. The zero-order chi connectivity index (χ0) is 18.4. The zero-order valence-corrected chi connectivity index (χ0v) is 15.9. The SMILES string of the molecule is Cc1nn(C)c(C)c1NC(=O)CN(C)CCCOc1cccc(Cl)c1. The van der Waals surface area contributed by atoms with E-state index in [0.29, 0.717) is 18.2 Å². The highest BCUT2D eigenvalue weighted by atomic mass is 35.5. The highest BCUT2D eigenvalue weighted by Crippen LogP contribution is 2.18. The van der Waals surface area contributed by atoms with Crippen LogP contribution in [0.4, 0.5) is 5.69 Å². The van der Waals surface area contributed by atoms with Crippen LogP contribution in [-0.2, 0) is 11.8 Å². The minimum Gasteiger partial charge on any atom is -0.493 e. The van der Waals surface area contributed by atoms with E-state index in [1.54, 1.807) is 10.7 Å². The summed E-state index contributed by atoms with van der Waals surface area (Å²) in [4.78, 5) is 14.2. The van der Waals surface area contributed by atoms with Gasteiger partial charge in [-0.2, -0.15) is 5.10 Å². The quantitative estimate of drug-likeness (QED) is 0.731. The summed E-state index contributed by atoms with van der Waals surface area (Å²) >= 11 is 5.92. The topological polar surface area (TPSA) is 59.4 Å². The first-order valence-electron chi connectivity index (χ1n) is 8.23. The van der Waals surface area contributed by atoms with E-state index in [2.05, 4.69) is 10.4 Å². The van der Waals surface area contributed by atoms with E-state index in [1.807, 2.05) is 51.0 Å². The predicted molar refractivity (Wildman–Crippen MR) is 100 cm³/mol. The number of carbonyl (C=O) groups excluding carboxylic acids is 1. The summed E-state index contributed by atoms with van der Waals surface area (Å²) < 4.78 is 7.42. The number of amides is 1. The van der Waals surface area contributed by atoms with Gasteiger partial charge in [0.25, 0.3) is 0 Å². The van der Waals surface area contributed by atoms with E-state index in [4.69, 9.17) is 16.3 Å². The normalized spacial score (nSPS) is 11.0. The lowest BCUT2D eigenvalue weighted by Crippen LogP contribution is -2.31. The summed E-state index contributed by atoms with van der Waals surface area (Å²) in [6.45, 7) is 5.49. The van der Waals surface area contributed by atoms with Gasteiger partial charge in [-0.15, -0.1) is 0 Å². The molecule has 1 aromatic heterocycles. The van der Waals surface area contributed by atoms with Crippen molar-refractivity contribution in [1.29, 1.82) is 0 Å². The molecule has 0 bridgehead atoms. The molecule has 1 amide bonds. The molecule has 0 saturated carbocycles. The second kappa shape index (κ2) is 8.87. The molecule has 2 rings (SSSR count). The Balaban J connectivity index is 1.71. The number of halogens is 1. The second-order valence-corrected chi connectivity index (χ2v) is 6.55. The smallest absolute Gasteiger partial charge is 0.238 e. The number of hydrogen-bond donors (Lipinski definition) is 1. The lowest BCUT2D eigenvalue weighted by molar-refractivity contribution is -0.117. The number of likely N-dealkylation sites (N-methyl/N-ethyl adjacent to an activating group) is 1. The Morgan fingerprint density at radius 3 is 2.80 bits per heavy atom. The van der Waals surface area contributed by atoms with Crippen LogP contribution in [0.25, 0.3) is 0 Å². The van der Waals surface area contributed by atoms with Crippen LogP contribution in [-0.4, -0.2) is 47.3 Å². The lowest BCUT2D eigenvalue weighted by Gasteiger charge is -2.16. The van der Waals surface area contributed by atoms with Crippen molar-refractivity contribution in [2.75, 3.05) is 32.1 Å². The van der Waals surface area contributed by atoms with Crippen LogP contribution >= 0.6 is 11.6 Å². The number of nitrogens with zero attached hydrogens (tertiary/aromatic N) is 3. The number of carbonyl (C=O) groups is 1. The monoisotopic (exact) mass is 364 g/mol. The molecule has 0 unspecified atom stereocenters. The van der Waals surface area contributed by atoms with Gasteiger partial charge in [-0.3, -0.25) is 14.4 Å². The van der Waals surface area contributed by atoms with Gasteiger partial charge in [0.2, 0.25) is 5.91 Å². The number of aryl methyl sites for hydroxylation is 2. The standard InChI is InChI=1S/C18H25ClN4O2/c1-13-18(14(2)23(4)21-13)20-17(24)12-22(3)9-6-10-25-16-8-5-7-15(19)11-16/h5,7-8,11H,6,9-10,12H2,1-4H3,(H,20,24). The van der Waals surface area contributed by atoms with E-state index >= 15 is 0 Å². The highest BCUT2D eigenvalue weighted by Gasteiger charge is 2.13. The van der Waals surface area contributed by atoms with Crippen molar-refractivity contribution in [2.24, 2.45) is 7.05 Å². The van der Waals surface area contributed by atoms with Crippen LogP contribution < -0.4 is 10.1 Å². The Morgan fingerprint density at radius 2 is 2.16 bits per heavy atom. The van der Waals surface area contributed by atoms with Crippen LogP contribution in [0, 0.1) is 13.8 Å². The summed E-state index contributed by atoms with van der Waals surface area (Å²) in [5.74, 6) is 0.716. The molecule has 0 fully saturated rings. The number of benzene rings is 1. The summed E-state index contributed by atoms with van der Waals surface area (Å²) in [7, 11) is 3.78. The Morgan fingerprint density at radius 1 is 1.40 bits per heavy atom. The molecule has 0 spiro atoms. The largest absolute Gasteiger partial charge is 0.493 e. The average Bonchev–Trinajstić information content (AvgIpc) is 2.78. The van der Waals surface area contributed by atoms with E-state index in [9.17, 15) is 4.79 Å². The van der Waals surface area contributed by atoms with Gasteiger partial charge in [0, 0.05) is 18.6 Å². The van der Waals surface area contributed by atoms with Crippen LogP contribution in [0.1, 0.15) is 17.8 Å². The number of nitrogens with one attached hydrogen (secondary N) is 1. The van der Waals surface area contributed by atoms with Crippen molar-refractivity contribution < 1.29 is 9.53 Å². The average molecular weight is 365 g/mol. The summed E-state index contributed by atoms with van der Waals surface area (Å²) in [6, 6.07) is 7.34. The van der Waals surface area contributed by atoms with Crippen molar-refractivity contribution in [3.8, 4) is 5.75 Å². The Bertz CT molecular complexity index is 730. The highest BCUT2D eigenvalue weighted by molar-refractivity contribution is 6.30. The molecule has 0 saturated heterocycles. The number of aromatic nitrogens is 2. The fraction of sp³-hybridized carbons (Fsp3) is 0.444. The predicted octanol–water partition coefficient (Wildman–Crippen LogP) is 3.03. The van der Waals surface area contributed by atoms with E-state index in [1.165, 1.54) is 0 Å². The molecule has 0 aliphatic carbocycles. The molecule has 136 valence electrons. The molecule has 0 atom stereocenters. The number of rotatable bonds is 8. The van der Waals surface area contributed by atoms with E-state index in [0.717, 1.165) is 35.8 Å². The van der Waals surface area contributed by atoms with Crippen LogP contribution in [0.3, 0.4) is 0 Å². The minimum absolute atomic E-state index is 0.0440. The van der Waals surface area contributed by atoms with Gasteiger partial charge >= 0.3 is 0 Å². The fourth-order valence-corrected chi connectivity index (χ4v) is 2.72. The van der Waals surface area contributed by atoms with Crippen molar-refractivity contribution in [2.45, 2.75) is 20.3 Å². The molecule has 0 aliphatic heterocycles. The summed E-state index contributed by atoms with van der Waals surface area (Å²) in [5, 5.41) is 7.90. The summed E-state index contributed by atoms with van der Waals surface area (Å²) in [5.41, 5.74) is 2.57. The third kappa shape index (κ3) is 5.76. The number of hydrogen-bond acceptors (Lipinski definition) is 4. The fourth-order valence-electron chi connectivity index (χ4n) is 2.54. The van der Waals surface area contributed by atoms with Gasteiger partial charge in [0.15, 0.2) is 0 Å². The van der Waals surface area contributed by atoms with Gasteiger partial charge in [-0.05, 0) is 45.5 Å². The molecule has 6 nitrogen and oxygen atoms in total. The van der Waals surface area contributed by atoms with E-state index < -0.39 is 0 Å². The van der Waals surface area contributed by atoms with Crippen LogP contribution in [0.15, 0.2) is 24.3 Å². The van der Waals surface area contributed by atoms with Crippen LogP contribution in [0.2, 0.25) is 5.02 Å². The Hall–Kier alpha value is -2.05. The molecule has 25 heavy (non-hydrogen) atoms. The first-order valence-corrected chi connectivity index (χ1v) is 8.61. The first-order chi connectivity index (χ1) is 11.9. The number of anilines is 1. The van der Waals surface area contributed by atoms with Gasteiger partial charge in [0.1, 0.15) is 5.75 Å². The maximum Gasteiger partial charge on any atom is 0.238 e. The molecule has 1 aromatic carbocycles. The molecular formula is C18H25ClN4O2. The Labute approximate surface area is 153 Å². The maximum absolute atomic E-state index is 12.2. The zero-order valence-electron chi connectivity index (χ0n) is 15.2.